The number of amides is 8. The number of nitrogens with zero attached hydrogens (tertiary/aromatic N) is 2. The molecule has 80 heavy (non-hydrogen) atoms. The standard InChI is InChI=1S/C68H30N4O8/c73-61-41-19-11-33-37-15-23-45-57-46(24-16-38(53(37)57)34-12-20-42(62(74)69-61)55(41)51(33)34)66(78)71(65(45)77)49-27-9-29-5-1-3-7-31(29)59(49)60-32-8-4-2-6-30(32)10-28-50(60)72-67(79)47-25-17-39-35-13-21-43-56-44(64(76)70-63(43)75)22-14-36(52(35)56)40-18-26-48(68(72)80)58(47)54(39)40/h1-28H,(H,69,73,74)(H,70,75,76). The van der Waals surface area contributed by atoms with Crippen LogP contribution in [0.2, 0.25) is 0 Å². The highest BCUT2D eigenvalue weighted by Gasteiger charge is 2.41. The number of carbonyl (C=O) groups is 8. The lowest BCUT2D eigenvalue weighted by atomic mass is 9.82. The van der Waals surface area contributed by atoms with Crippen molar-refractivity contribution < 1.29 is 38.4 Å². The van der Waals surface area contributed by atoms with Crippen molar-refractivity contribution in [2.24, 2.45) is 0 Å². The van der Waals surface area contributed by atoms with Gasteiger partial charge in [0.2, 0.25) is 0 Å². The first-order valence-corrected chi connectivity index (χ1v) is 26.0. The molecule has 0 radical (unpaired) electrons. The molecule has 0 unspecified atom stereocenters. The first-order valence-electron chi connectivity index (χ1n) is 26.0. The van der Waals surface area contributed by atoms with Gasteiger partial charge in [-0.15, -0.1) is 0 Å². The van der Waals surface area contributed by atoms with Gasteiger partial charge in [-0.2, -0.15) is 0 Å². The normalized spacial score (nSPS) is 15.1. The molecule has 14 aromatic rings. The van der Waals surface area contributed by atoms with Crippen molar-refractivity contribution in [2.45, 2.75) is 0 Å². The largest absolute Gasteiger partial charge is 0.288 e. The number of rotatable bonds is 3. The van der Waals surface area contributed by atoms with Crippen molar-refractivity contribution in [2.75, 3.05) is 9.80 Å². The lowest BCUT2D eigenvalue weighted by Crippen LogP contribution is -2.41. The monoisotopic (exact) mass is 1030 g/mol. The number of anilines is 2. The van der Waals surface area contributed by atoms with Gasteiger partial charge >= 0.3 is 0 Å². The summed E-state index contributed by atoms with van der Waals surface area (Å²) in [6, 6.07) is 51.2. The molecule has 0 spiro atoms. The number of fused-ring (bicyclic) bond motifs is 6. The third-order valence-corrected chi connectivity index (χ3v) is 17.5. The number of benzene rings is 14. The lowest BCUT2D eigenvalue weighted by Gasteiger charge is -2.33. The van der Waals surface area contributed by atoms with Crippen molar-refractivity contribution in [3.8, 4) is 11.1 Å². The molecule has 0 aliphatic carbocycles. The molecular formula is C68H30N4O8. The quantitative estimate of drug-likeness (QED) is 0.100. The minimum Gasteiger partial charge on any atom is -0.288 e. The molecule has 18 rings (SSSR count). The van der Waals surface area contributed by atoms with Crippen LogP contribution in [0.1, 0.15) is 82.9 Å². The van der Waals surface area contributed by atoms with Gasteiger partial charge < -0.3 is 0 Å². The van der Waals surface area contributed by atoms with E-state index in [0.717, 1.165) is 64.6 Å². The Kier molecular flexibility index (Phi) is 7.73. The topological polar surface area (TPSA) is 167 Å². The van der Waals surface area contributed by atoms with Crippen LogP contribution in [-0.4, -0.2) is 47.3 Å². The van der Waals surface area contributed by atoms with Crippen molar-refractivity contribution in [1.82, 2.24) is 10.6 Å². The predicted molar refractivity (Wildman–Crippen MR) is 308 cm³/mol. The third-order valence-electron chi connectivity index (χ3n) is 17.5. The fourth-order valence-electron chi connectivity index (χ4n) is 14.2. The average Bonchev–Trinajstić information content (AvgIpc) is 2.39. The molecule has 0 fully saturated rings. The van der Waals surface area contributed by atoms with Crippen LogP contribution >= 0.6 is 0 Å². The number of hydrogen-bond acceptors (Lipinski definition) is 8. The van der Waals surface area contributed by atoms with Crippen molar-refractivity contribution >= 4 is 166 Å². The van der Waals surface area contributed by atoms with Crippen LogP contribution in [0, 0.1) is 0 Å². The molecule has 4 heterocycles. The Labute approximate surface area is 448 Å². The van der Waals surface area contributed by atoms with E-state index in [-0.39, 0.29) is 11.4 Å². The van der Waals surface area contributed by atoms with Crippen LogP contribution in [0.4, 0.5) is 11.4 Å². The molecule has 12 heteroatoms. The van der Waals surface area contributed by atoms with Crippen LogP contribution in [0.5, 0.6) is 0 Å². The summed E-state index contributed by atoms with van der Waals surface area (Å²) in [6.45, 7) is 0. The number of imide groups is 4. The number of nitrogens with one attached hydrogen (secondary N) is 2. The van der Waals surface area contributed by atoms with Gasteiger partial charge in [-0.1, -0.05) is 109 Å². The second-order valence-corrected chi connectivity index (χ2v) is 21.1. The molecule has 2 N–H and O–H groups in total. The Morgan fingerprint density at radius 3 is 0.762 bits per heavy atom. The van der Waals surface area contributed by atoms with Crippen molar-refractivity contribution in [1.29, 1.82) is 0 Å². The van der Waals surface area contributed by atoms with Gasteiger partial charge in [0.05, 0.1) is 11.4 Å². The first-order chi connectivity index (χ1) is 39.0. The molecule has 0 bridgehead atoms. The maximum atomic E-state index is 15.7. The summed E-state index contributed by atoms with van der Waals surface area (Å²) in [6.07, 6.45) is 0. The Morgan fingerprint density at radius 1 is 0.225 bits per heavy atom. The number of carbonyl (C=O) groups excluding carboxylic acids is 8. The zero-order valence-electron chi connectivity index (χ0n) is 41.3. The highest BCUT2D eigenvalue weighted by atomic mass is 16.2. The van der Waals surface area contributed by atoms with Gasteiger partial charge in [-0.3, -0.25) is 49.0 Å². The van der Waals surface area contributed by atoms with Gasteiger partial charge in [0.25, 0.3) is 47.3 Å². The van der Waals surface area contributed by atoms with Gasteiger partial charge in [-0.25, -0.2) is 9.80 Å². The van der Waals surface area contributed by atoms with Crippen LogP contribution in [-0.2, 0) is 0 Å². The van der Waals surface area contributed by atoms with E-state index in [2.05, 4.69) is 10.6 Å². The van der Waals surface area contributed by atoms with Gasteiger partial charge in [-0.05, 0) is 147 Å². The van der Waals surface area contributed by atoms with Gasteiger partial charge in [0.15, 0.2) is 0 Å². The minimum absolute atomic E-state index is 0.247. The van der Waals surface area contributed by atoms with E-state index >= 15 is 19.2 Å². The molecule has 4 aliphatic rings. The molecule has 0 atom stereocenters. The van der Waals surface area contributed by atoms with E-state index in [9.17, 15) is 19.2 Å². The second kappa shape index (κ2) is 14.4. The Hall–Kier alpha value is -11.2. The van der Waals surface area contributed by atoms with E-state index < -0.39 is 47.3 Å². The average molecular weight is 1030 g/mol. The van der Waals surface area contributed by atoms with Crippen LogP contribution < -0.4 is 20.4 Å². The molecule has 0 saturated heterocycles. The Morgan fingerprint density at radius 2 is 0.475 bits per heavy atom. The maximum absolute atomic E-state index is 15.7. The highest BCUT2D eigenvalue weighted by molar-refractivity contribution is 6.47. The molecule has 14 aromatic carbocycles. The predicted octanol–water partition coefficient (Wildman–Crippen LogP) is 13.1. The summed E-state index contributed by atoms with van der Waals surface area (Å²) < 4.78 is 0. The summed E-state index contributed by atoms with van der Waals surface area (Å²) in [5.41, 5.74) is 4.14. The third kappa shape index (κ3) is 4.98. The summed E-state index contributed by atoms with van der Waals surface area (Å²) in [7, 11) is 0. The maximum Gasteiger partial charge on any atom is 0.266 e. The zero-order chi connectivity index (χ0) is 53.5. The Balaban J connectivity index is 0.847. The van der Waals surface area contributed by atoms with Crippen molar-refractivity contribution in [3.05, 3.63) is 214 Å². The van der Waals surface area contributed by atoms with Crippen LogP contribution in [0.15, 0.2) is 170 Å². The van der Waals surface area contributed by atoms with Gasteiger partial charge in [0.1, 0.15) is 0 Å². The fraction of sp³-hybridized carbons (Fsp3) is 0. The highest BCUT2D eigenvalue weighted by Crippen LogP contribution is 2.52. The number of hydrogen-bond donors (Lipinski definition) is 2. The fourth-order valence-corrected chi connectivity index (χ4v) is 14.2. The smallest absolute Gasteiger partial charge is 0.266 e. The molecule has 0 saturated carbocycles. The summed E-state index contributed by atoms with van der Waals surface area (Å²) in [4.78, 5) is 118. The molecular weight excluding hydrogens is 1000 g/mol. The first kappa shape index (κ1) is 42.9. The SMILES string of the molecule is O=C1NC(=O)c2ccc3c4ccc5c6c(ccc(c7ccc1c2c73)c64)C(=O)N(c1ccc2ccccc2c1-c1c(N2C(=O)c3ccc4c6ccc7c8c(ccc(c9ccc(c3c49)C2=O)c86)C(=O)NC7=O)ccc2ccccc12)C5=O. The minimum atomic E-state index is -0.571. The molecule has 8 amide bonds. The van der Waals surface area contributed by atoms with E-state index in [1.807, 2.05) is 109 Å². The van der Waals surface area contributed by atoms with E-state index in [4.69, 9.17) is 0 Å². The van der Waals surface area contributed by atoms with Crippen LogP contribution in [0.3, 0.4) is 0 Å². The lowest BCUT2D eigenvalue weighted by molar-refractivity contribution is 0.0828. The van der Waals surface area contributed by atoms with E-state index in [1.54, 1.807) is 60.7 Å². The summed E-state index contributed by atoms with van der Waals surface area (Å²) in [5, 5.41) is 18.9. The van der Waals surface area contributed by atoms with E-state index in [0.29, 0.717) is 98.7 Å². The zero-order valence-corrected chi connectivity index (χ0v) is 41.3. The second-order valence-electron chi connectivity index (χ2n) is 21.1. The summed E-state index contributed by atoms with van der Waals surface area (Å²) >= 11 is 0. The molecule has 0 aromatic heterocycles. The molecule has 4 aliphatic heterocycles. The van der Waals surface area contributed by atoms with Crippen LogP contribution in [0.25, 0.3) is 119 Å². The summed E-state index contributed by atoms with van der Waals surface area (Å²) in [5.74, 6) is -4.19. The molecule has 12 nitrogen and oxygen atoms in total. The Bertz CT molecular complexity index is 4980. The van der Waals surface area contributed by atoms with Gasteiger partial charge in [0, 0.05) is 77.2 Å². The molecule has 370 valence electrons. The van der Waals surface area contributed by atoms with Crippen molar-refractivity contribution in [3.63, 3.8) is 0 Å². The van der Waals surface area contributed by atoms with E-state index in [1.165, 1.54) is 9.80 Å².